The Labute approximate surface area is 100.0 Å². The van der Waals surface area contributed by atoms with Gasteiger partial charge in [0, 0.05) is 21.4 Å². The van der Waals surface area contributed by atoms with Gasteiger partial charge in [-0.3, -0.25) is 4.79 Å². The van der Waals surface area contributed by atoms with Gasteiger partial charge in [-0.1, -0.05) is 19.9 Å². The Hall–Kier alpha value is -1.00. The molecule has 1 heterocycles. The molecule has 0 saturated heterocycles. The second-order valence-corrected chi connectivity index (χ2v) is 5.78. The first-order chi connectivity index (χ1) is 7.61. The minimum Gasteiger partial charge on any atom is -0.324 e. The van der Waals surface area contributed by atoms with Gasteiger partial charge in [0.2, 0.25) is 5.91 Å². The lowest BCUT2D eigenvalue weighted by Crippen LogP contribution is -2.23. The van der Waals surface area contributed by atoms with Crippen LogP contribution in [0.25, 0.3) is 0 Å². The molecule has 1 aromatic carbocycles. The van der Waals surface area contributed by atoms with Crippen LogP contribution in [0.3, 0.4) is 0 Å². The molecule has 1 aromatic rings. The second-order valence-electron chi connectivity index (χ2n) is 4.13. The van der Waals surface area contributed by atoms with Crippen molar-refractivity contribution in [1.82, 2.24) is 5.32 Å². The van der Waals surface area contributed by atoms with Gasteiger partial charge in [0.25, 0.3) is 0 Å². The normalized spacial score (nSPS) is 18.8. The van der Waals surface area contributed by atoms with E-state index in [9.17, 15) is 4.79 Å². The van der Waals surface area contributed by atoms with Crippen molar-refractivity contribution in [3.63, 3.8) is 0 Å². The second kappa shape index (κ2) is 4.47. The Morgan fingerprint density at radius 2 is 2.19 bits per heavy atom. The Morgan fingerprint density at radius 3 is 2.81 bits per heavy atom. The third-order valence-corrected chi connectivity index (χ3v) is 3.51. The maximum Gasteiger partial charge on any atom is 0.246 e. The maximum atomic E-state index is 11.6. The van der Waals surface area contributed by atoms with Crippen LogP contribution >= 0.6 is 11.8 Å². The molecule has 0 aliphatic carbocycles. The number of amides is 1. The van der Waals surface area contributed by atoms with Crippen LogP contribution in [0.4, 0.5) is 5.69 Å². The number of carbonyl (C=O) groups is 1. The third kappa shape index (κ3) is 2.08. The highest BCUT2D eigenvalue weighted by atomic mass is 32.2. The quantitative estimate of drug-likeness (QED) is 0.792. The molecule has 1 atom stereocenters. The van der Waals surface area contributed by atoms with Crippen LogP contribution in [0.15, 0.2) is 23.1 Å². The van der Waals surface area contributed by atoms with Gasteiger partial charge < -0.3 is 10.6 Å². The lowest BCUT2D eigenvalue weighted by Gasteiger charge is -2.08. The van der Waals surface area contributed by atoms with E-state index >= 15 is 0 Å². The van der Waals surface area contributed by atoms with Crippen LogP contribution in [-0.2, 0) is 4.79 Å². The first kappa shape index (κ1) is 11.5. The molecule has 0 aromatic heterocycles. The molecule has 1 amide bonds. The molecule has 3 nitrogen and oxygen atoms in total. The van der Waals surface area contributed by atoms with Crippen LogP contribution in [-0.4, -0.2) is 18.2 Å². The van der Waals surface area contributed by atoms with Gasteiger partial charge in [0.1, 0.15) is 6.04 Å². The fraction of sp³-hybridized carbons (Fsp3) is 0.417. The van der Waals surface area contributed by atoms with Crippen molar-refractivity contribution in [1.29, 1.82) is 0 Å². The van der Waals surface area contributed by atoms with Crippen molar-refractivity contribution < 1.29 is 4.79 Å². The van der Waals surface area contributed by atoms with Gasteiger partial charge in [-0.05, 0) is 19.2 Å². The smallest absolute Gasteiger partial charge is 0.246 e. The topological polar surface area (TPSA) is 41.1 Å². The molecule has 86 valence electrons. The van der Waals surface area contributed by atoms with Crippen LogP contribution in [0.5, 0.6) is 0 Å². The summed E-state index contributed by atoms with van der Waals surface area (Å²) in [7, 11) is 1.80. The van der Waals surface area contributed by atoms with E-state index in [4.69, 9.17) is 0 Å². The molecular weight excluding hydrogens is 220 g/mol. The number of hydrogen-bond acceptors (Lipinski definition) is 3. The number of thioether (sulfide) groups is 1. The Bertz CT molecular complexity index is 417. The Kier molecular flexibility index (Phi) is 3.21. The number of rotatable bonds is 3. The molecule has 2 N–H and O–H groups in total. The first-order valence-corrected chi connectivity index (χ1v) is 6.28. The zero-order chi connectivity index (χ0) is 11.7. The molecule has 1 aliphatic rings. The summed E-state index contributed by atoms with van der Waals surface area (Å²) in [5.74, 6) is 0.0317. The number of carbonyl (C=O) groups excluding carboxylic acids is 1. The summed E-state index contributed by atoms with van der Waals surface area (Å²) in [4.78, 5) is 12.8. The predicted molar refractivity (Wildman–Crippen MR) is 67.9 cm³/mol. The lowest BCUT2D eigenvalue weighted by atomic mass is 10.1. The zero-order valence-electron chi connectivity index (χ0n) is 9.70. The van der Waals surface area contributed by atoms with Crippen molar-refractivity contribution in [3.05, 3.63) is 23.8 Å². The summed E-state index contributed by atoms with van der Waals surface area (Å²) in [6.45, 7) is 4.32. The minimum atomic E-state index is -0.201. The lowest BCUT2D eigenvalue weighted by molar-refractivity contribution is -0.117. The van der Waals surface area contributed by atoms with Gasteiger partial charge >= 0.3 is 0 Å². The highest BCUT2D eigenvalue weighted by molar-refractivity contribution is 7.99. The first-order valence-electron chi connectivity index (χ1n) is 5.40. The Balaban J connectivity index is 2.29. The summed E-state index contributed by atoms with van der Waals surface area (Å²) in [5.41, 5.74) is 1.98. The molecule has 0 bridgehead atoms. The number of benzene rings is 1. The third-order valence-electron chi connectivity index (χ3n) is 2.52. The van der Waals surface area contributed by atoms with Crippen LogP contribution in [0.2, 0.25) is 0 Å². The highest BCUT2D eigenvalue weighted by Gasteiger charge is 2.28. The molecule has 1 unspecified atom stereocenters. The van der Waals surface area contributed by atoms with Crippen molar-refractivity contribution in [2.24, 2.45) is 0 Å². The van der Waals surface area contributed by atoms with E-state index in [1.807, 2.05) is 6.07 Å². The summed E-state index contributed by atoms with van der Waals surface area (Å²) in [6.07, 6.45) is 0. The van der Waals surface area contributed by atoms with Crippen molar-refractivity contribution in [2.75, 3.05) is 12.4 Å². The summed E-state index contributed by atoms with van der Waals surface area (Å²) >= 11 is 1.80. The highest BCUT2D eigenvalue weighted by Crippen LogP contribution is 2.34. The van der Waals surface area contributed by atoms with Crippen molar-refractivity contribution in [2.45, 2.75) is 30.0 Å². The van der Waals surface area contributed by atoms with Gasteiger partial charge in [-0.2, -0.15) is 0 Å². The fourth-order valence-corrected chi connectivity index (χ4v) is 2.75. The van der Waals surface area contributed by atoms with Gasteiger partial charge in [0.05, 0.1) is 0 Å². The van der Waals surface area contributed by atoms with Crippen LogP contribution in [0.1, 0.15) is 25.5 Å². The summed E-state index contributed by atoms with van der Waals surface area (Å²) in [6, 6.07) is 5.95. The average molecular weight is 236 g/mol. The molecule has 2 rings (SSSR count). The largest absolute Gasteiger partial charge is 0.324 e. The van der Waals surface area contributed by atoms with E-state index in [1.165, 1.54) is 4.90 Å². The van der Waals surface area contributed by atoms with Gasteiger partial charge in [-0.15, -0.1) is 11.8 Å². The molecule has 0 spiro atoms. The van der Waals surface area contributed by atoms with Gasteiger partial charge in [0.15, 0.2) is 0 Å². The van der Waals surface area contributed by atoms with Crippen molar-refractivity contribution >= 4 is 23.4 Å². The van der Waals surface area contributed by atoms with E-state index < -0.39 is 0 Å². The minimum absolute atomic E-state index is 0.0317. The number of likely N-dealkylation sites (N-methyl/N-ethyl adjacent to an activating group) is 1. The SMILES string of the molecule is CNC1C(=O)Nc2cc(SC(C)C)ccc21. The average Bonchev–Trinajstić information content (AvgIpc) is 2.51. The number of anilines is 1. The number of hydrogen-bond donors (Lipinski definition) is 2. The molecule has 16 heavy (non-hydrogen) atoms. The molecule has 0 saturated carbocycles. The van der Waals surface area contributed by atoms with E-state index in [2.05, 4.69) is 36.6 Å². The maximum absolute atomic E-state index is 11.6. The molecule has 0 fully saturated rings. The number of nitrogens with one attached hydrogen (secondary N) is 2. The van der Waals surface area contributed by atoms with Crippen LogP contribution < -0.4 is 10.6 Å². The van der Waals surface area contributed by atoms with E-state index in [1.54, 1.807) is 18.8 Å². The summed E-state index contributed by atoms with van der Waals surface area (Å²) < 4.78 is 0. The van der Waals surface area contributed by atoms with Gasteiger partial charge in [-0.25, -0.2) is 0 Å². The molecular formula is C12H16N2OS. The fourth-order valence-electron chi connectivity index (χ4n) is 1.87. The monoisotopic (exact) mass is 236 g/mol. The Morgan fingerprint density at radius 1 is 1.44 bits per heavy atom. The molecule has 4 heteroatoms. The molecule has 0 radical (unpaired) electrons. The van der Waals surface area contributed by atoms with E-state index in [0.717, 1.165) is 11.3 Å². The predicted octanol–water partition coefficient (Wildman–Crippen LogP) is 2.40. The van der Waals surface area contributed by atoms with Crippen molar-refractivity contribution in [3.8, 4) is 0 Å². The van der Waals surface area contributed by atoms with E-state index in [-0.39, 0.29) is 11.9 Å². The van der Waals surface area contributed by atoms with E-state index in [0.29, 0.717) is 5.25 Å². The summed E-state index contributed by atoms with van der Waals surface area (Å²) in [5, 5.41) is 6.46. The zero-order valence-corrected chi connectivity index (χ0v) is 10.5. The van der Waals surface area contributed by atoms with Crippen LogP contribution in [0, 0.1) is 0 Å². The number of fused-ring (bicyclic) bond motifs is 1. The standard InChI is InChI=1S/C12H16N2OS/c1-7(2)16-8-4-5-9-10(6-8)14-12(15)11(9)13-3/h4-7,11,13H,1-3H3,(H,14,15). The molecule has 1 aliphatic heterocycles.